The molecule has 5 nitrogen and oxygen atoms in total. The predicted octanol–water partition coefficient (Wildman–Crippen LogP) is 1.02. The number of sulfonamides is 1. The molecule has 0 saturated heterocycles. The van der Waals surface area contributed by atoms with Crippen LogP contribution in [0.4, 0.5) is 0 Å². The molecule has 1 amide bonds. The number of nitrogens with one attached hydrogen (secondary N) is 2. The number of rotatable bonds is 5. The van der Waals surface area contributed by atoms with Crippen molar-refractivity contribution in [2.45, 2.75) is 42.7 Å². The summed E-state index contributed by atoms with van der Waals surface area (Å²) >= 11 is 0. The molecule has 2 aliphatic rings. The molecule has 0 aromatic heterocycles. The van der Waals surface area contributed by atoms with Crippen molar-refractivity contribution in [1.82, 2.24) is 10.0 Å². The quantitative estimate of drug-likeness (QED) is 0.845. The summed E-state index contributed by atoms with van der Waals surface area (Å²) in [5.74, 6) is -0.137. The smallest absolute Gasteiger partial charge is 0.251 e. The van der Waals surface area contributed by atoms with Crippen molar-refractivity contribution in [3.63, 3.8) is 0 Å². The van der Waals surface area contributed by atoms with Gasteiger partial charge in [-0.2, -0.15) is 0 Å². The van der Waals surface area contributed by atoms with Crippen molar-refractivity contribution in [3.8, 4) is 0 Å². The first-order valence-corrected chi connectivity index (χ1v) is 7.96. The molecular formula is C13H16N2O3S. The zero-order valence-corrected chi connectivity index (χ0v) is 11.2. The van der Waals surface area contributed by atoms with Crippen molar-refractivity contribution in [2.75, 3.05) is 0 Å². The van der Waals surface area contributed by atoms with Gasteiger partial charge in [-0.3, -0.25) is 4.79 Å². The lowest BCUT2D eigenvalue weighted by Crippen LogP contribution is -2.27. The standard InChI is InChI=1S/C13H16N2O3S/c16-13(14-10-3-4-10)9-1-7-12(8-2-9)19(17,18)15-11-5-6-11/h1-2,7-8,10-11,15H,3-6H2,(H,14,16). The number of benzene rings is 1. The number of carbonyl (C=O) groups is 1. The highest BCUT2D eigenvalue weighted by atomic mass is 32.2. The van der Waals surface area contributed by atoms with E-state index in [4.69, 9.17) is 0 Å². The van der Waals surface area contributed by atoms with E-state index in [-0.39, 0.29) is 16.8 Å². The molecule has 19 heavy (non-hydrogen) atoms. The van der Waals surface area contributed by atoms with Gasteiger partial charge in [-0.05, 0) is 49.9 Å². The molecule has 0 unspecified atom stereocenters. The molecule has 102 valence electrons. The zero-order valence-electron chi connectivity index (χ0n) is 10.4. The second kappa shape index (κ2) is 4.61. The highest BCUT2D eigenvalue weighted by molar-refractivity contribution is 7.89. The zero-order chi connectivity index (χ0) is 13.5. The highest BCUT2D eigenvalue weighted by Gasteiger charge is 2.28. The van der Waals surface area contributed by atoms with Crippen LogP contribution in [0.3, 0.4) is 0 Å². The van der Waals surface area contributed by atoms with Gasteiger partial charge in [0.15, 0.2) is 0 Å². The average Bonchev–Trinajstić information content (AvgIpc) is 3.26. The minimum absolute atomic E-state index is 0.0860. The molecule has 2 fully saturated rings. The van der Waals surface area contributed by atoms with Gasteiger partial charge < -0.3 is 5.32 Å². The Kier molecular flexibility index (Phi) is 3.06. The number of hydrogen-bond acceptors (Lipinski definition) is 3. The first-order chi connectivity index (χ1) is 9.04. The van der Waals surface area contributed by atoms with Crippen molar-refractivity contribution in [2.24, 2.45) is 0 Å². The molecule has 0 aliphatic heterocycles. The van der Waals surface area contributed by atoms with Crippen LogP contribution in [0.25, 0.3) is 0 Å². The maximum Gasteiger partial charge on any atom is 0.251 e. The summed E-state index contributed by atoms with van der Waals surface area (Å²) in [6.45, 7) is 0. The second-order valence-corrected chi connectivity index (χ2v) is 6.88. The van der Waals surface area contributed by atoms with E-state index in [2.05, 4.69) is 10.0 Å². The van der Waals surface area contributed by atoms with Crippen molar-refractivity contribution in [3.05, 3.63) is 29.8 Å². The lowest BCUT2D eigenvalue weighted by Gasteiger charge is -2.07. The monoisotopic (exact) mass is 280 g/mol. The van der Waals surface area contributed by atoms with E-state index in [1.807, 2.05) is 0 Å². The van der Waals surface area contributed by atoms with Gasteiger partial charge in [0.2, 0.25) is 10.0 Å². The van der Waals surface area contributed by atoms with Crippen LogP contribution in [0.2, 0.25) is 0 Å². The first kappa shape index (κ1) is 12.6. The highest BCUT2D eigenvalue weighted by Crippen LogP contribution is 2.22. The van der Waals surface area contributed by atoms with Crippen LogP contribution >= 0.6 is 0 Å². The maximum absolute atomic E-state index is 11.9. The third-order valence-electron chi connectivity index (χ3n) is 3.24. The van der Waals surface area contributed by atoms with Crippen LogP contribution in [-0.4, -0.2) is 26.4 Å². The molecule has 0 spiro atoms. The third-order valence-corrected chi connectivity index (χ3v) is 4.77. The fraction of sp³-hybridized carbons (Fsp3) is 0.462. The lowest BCUT2D eigenvalue weighted by molar-refractivity contribution is 0.0951. The Labute approximate surface area is 112 Å². The van der Waals surface area contributed by atoms with E-state index in [1.54, 1.807) is 12.1 Å². The van der Waals surface area contributed by atoms with Gasteiger partial charge in [0, 0.05) is 17.6 Å². The summed E-state index contributed by atoms with van der Waals surface area (Å²) in [5.41, 5.74) is 0.497. The Morgan fingerprint density at radius 3 is 2.11 bits per heavy atom. The Balaban J connectivity index is 1.72. The Morgan fingerprint density at radius 2 is 1.58 bits per heavy atom. The van der Waals surface area contributed by atoms with E-state index in [1.165, 1.54) is 12.1 Å². The molecule has 3 rings (SSSR count). The molecule has 2 N–H and O–H groups in total. The summed E-state index contributed by atoms with van der Waals surface area (Å²) in [5, 5.41) is 2.87. The minimum Gasteiger partial charge on any atom is -0.349 e. The van der Waals surface area contributed by atoms with Crippen LogP contribution in [0.5, 0.6) is 0 Å². The lowest BCUT2D eigenvalue weighted by atomic mass is 10.2. The van der Waals surface area contributed by atoms with E-state index >= 15 is 0 Å². The maximum atomic E-state index is 11.9. The Bertz CT molecular complexity index is 587. The van der Waals surface area contributed by atoms with Gasteiger partial charge in [0.1, 0.15) is 0 Å². The van der Waals surface area contributed by atoms with E-state index in [0.29, 0.717) is 11.6 Å². The van der Waals surface area contributed by atoms with Gasteiger partial charge >= 0.3 is 0 Å². The van der Waals surface area contributed by atoms with E-state index in [9.17, 15) is 13.2 Å². The molecule has 1 aromatic rings. The minimum atomic E-state index is -3.43. The van der Waals surface area contributed by atoms with Gasteiger partial charge in [-0.1, -0.05) is 0 Å². The molecule has 2 saturated carbocycles. The molecule has 0 bridgehead atoms. The summed E-state index contributed by atoms with van der Waals surface area (Å²) in [6, 6.07) is 6.45. The molecular weight excluding hydrogens is 264 g/mol. The first-order valence-electron chi connectivity index (χ1n) is 6.48. The average molecular weight is 280 g/mol. The van der Waals surface area contributed by atoms with Crippen LogP contribution < -0.4 is 10.0 Å². The fourth-order valence-corrected chi connectivity index (χ4v) is 3.08. The van der Waals surface area contributed by atoms with Gasteiger partial charge in [-0.25, -0.2) is 13.1 Å². The fourth-order valence-electron chi connectivity index (χ4n) is 1.77. The Hall–Kier alpha value is -1.40. The van der Waals surface area contributed by atoms with Gasteiger partial charge in [0.05, 0.1) is 4.90 Å². The summed E-state index contributed by atoms with van der Waals surface area (Å²) in [6.07, 6.45) is 3.87. The van der Waals surface area contributed by atoms with Crippen LogP contribution in [-0.2, 0) is 10.0 Å². The predicted molar refractivity (Wildman–Crippen MR) is 70.3 cm³/mol. The van der Waals surface area contributed by atoms with Crippen LogP contribution in [0.1, 0.15) is 36.0 Å². The number of amides is 1. The summed E-state index contributed by atoms with van der Waals surface area (Å²) in [4.78, 5) is 12.0. The molecule has 1 aromatic carbocycles. The molecule has 0 atom stereocenters. The normalized spacial score (nSPS) is 19.2. The molecule has 0 radical (unpaired) electrons. The Morgan fingerprint density at radius 1 is 1.00 bits per heavy atom. The summed E-state index contributed by atoms with van der Waals surface area (Å²) in [7, 11) is -3.43. The van der Waals surface area contributed by atoms with Crippen molar-refractivity contribution >= 4 is 15.9 Å². The molecule has 6 heteroatoms. The van der Waals surface area contributed by atoms with Gasteiger partial charge in [-0.15, -0.1) is 0 Å². The number of hydrogen-bond donors (Lipinski definition) is 2. The second-order valence-electron chi connectivity index (χ2n) is 5.17. The van der Waals surface area contributed by atoms with Crippen molar-refractivity contribution in [1.29, 1.82) is 0 Å². The largest absolute Gasteiger partial charge is 0.349 e. The number of carbonyl (C=O) groups excluding carboxylic acids is 1. The molecule has 0 heterocycles. The molecule has 2 aliphatic carbocycles. The van der Waals surface area contributed by atoms with E-state index < -0.39 is 10.0 Å². The third kappa shape index (κ3) is 3.13. The summed E-state index contributed by atoms with van der Waals surface area (Å²) < 4.78 is 26.5. The topological polar surface area (TPSA) is 75.3 Å². The van der Waals surface area contributed by atoms with Crippen LogP contribution in [0.15, 0.2) is 29.2 Å². The van der Waals surface area contributed by atoms with Gasteiger partial charge in [0.25, 0.3) is 5.91 Å². The SMILES string of the molecule is O=C(NC1CC1)c1ccc(S(=O)(=O)NC2CC2)cc1. The van der Waals surface area contributed by atoms with Crippen molar-refractivity contribution < 1.29 is 13.2 Å². The van der Waals surface area contributed by atoms with E-state index in [0.717, 1.165) is 25.7 Å². The van der Waals surface area contributed by atoms with Crippen LogP contribution in [0, 0.1) is 0 Å².